The number of aromatic nitrogens is 2. The fraction of sp³-hybridized carbons (Fsp3) is 0.500. The highest BCUT2D eigenvalue weighted by Gasteiger charge is 2.26. The predicted octanol–water partition coefficient (Wildman–Crippen LogP) is 1.80. The van der Waals surface area contributed by atoms with Crippen molar-refractivity contribution >= 4 is 29.3 Å². The Bertz CT molecular complexity index is 1120. The first-order chi connectivity index (χ1) is 15.7. The average Bonchev–Trinajstić information content (AvgIpc) is 3.27. The van der Waals surface area contributed by atoms with Gasteiger partial charge in [0.15, 0.2) is 12.3 Å². The Kier molecular flexibility index (Phi) is 8.95. The summed E-state index contributed by atoms with van der Waals surface area (Å²) in [4.78, 5) is 62.9. The van der Waals surface area contributed by atoms with Crippen LogP contribution < -0.4 is 21.9 Å². The van der Waals surface area contributed by atoms with Gasteiger partial charge in [0.25, 0.3) is 11.5 Å². The lowest BCUT2D eigenvalue weighted by Crippen LogP contribution is -2.43. The number of nitrogens with zero attached hydrogens (tertiary/aromatic N) is 3. The number of nitrogen functional groups attached to an aromatic ring is 1. The number of hydrogen-bond acceptors (Lipinski definition) is 9. The highest BCUT2D eigenvalue weighted by atomic mass is 16.7. The van der Waals surface area contributed by atoms with Crippen LogP contribution >= 0.6 is 0 Å². The van der Waals surface area contributed by atoms with Crippen LogP contribution in [0.5, 0.6) is 0 Å². The van der Waals surface area contributed by atoms with Crippen molar-refractivity contribution in [3.05, 3.63) is 48.8 Å². The van der Waals surface area contributed by atoms with Crippen LogP contribution in [0.15, 0.2) is 26.1 Å². The highest BCUT2D eigenvalue weighted by Crippen LogP contribution is 2.20. The van der Waals surface area contributed by atoms with Crippen LogP contribution in [-0.2, 0) is 16.1 Å². The lowest BCUT2D eigenvalue weighted by Gasteiger charge is -2.24. The predicted molar refractivity (Wildman–Crippen MR) is 118 cm³/mol. The van der Waals surface area contributed by atoms with Crippen LogP contribution in [0.3, 0.4) is 0 Å². The van der Waals surface area contributed by atoms with E-state index in [2.05, 4.69) is 4.98 Å². The summed E-state index contributed by atoms with van der Waals surface area (Å²) in [5.41, 5.74) is 4.40. The number of carbonyl (C=O) groups excluding carboxylic acids is 2. The van der Waals surface area contributed by atoms with E-state index in [4.69, 9.17) is 14.9 Å². The Labute approximate surface area is 188 Å². The Morgan fingerprint density at radius 2 is 1.91 bits per heavy atom. The molecule has 0 saturated carbocycles. The summed E-state index contributed by atoms with van der Waals surface area (Å²) in [6.07, 6.45) is 3.54. The van der Waals surface area contributed by atoms with Gasteiger partial charge in [-0.25, -0.2) is 9.59 Å². The molecule has 0 bridgehead atoms. The summed E-state index contributed by atoms with van der Waals surface area (Å²) in [5, 5.41) is 10.7. The molecule has 2 aromatic rings. The van der Waals surface area contributed by atoms with Crippen molar-refractivity contribution in [2.75, 3.05) is 23.8 Å². The van der Waals surface area contributed by atoms with Gasteiger partial charge in [-0.3, -0.25) is 29.3 Å². The molecule has 0 radical (unpaired) electrons. The minimum absolute atomic E-state index is 0.107. The van der Waals surface area contributed by atoms with Gasteiger partial charge in [-0.1, -0.05) is 33.1 Å². The number of aromatic amines is 1. The van der Waals surface area contributed by atoms with Crippen molar-refractivity contribution in [2.24, 2.45) is 0 Å². The number of nitrogens with two attached hydrogens (primary N) is 1. The second-order valence-corrected chi connectivity index (χ2v) is 7.22. The standard InChI is InChI=1S/C20H27N5O8/c1-3-5-7-11-23(16-17(21)24(10-6-4-2)20(29)22-18(16)27)14(26)12-32-19(28)13-8-9-15(33-13)25(30)31/h8-9H,3-7,10-12,21H2,1-2H3,(H,22,27,29). The molecule has 0 unspecified atom stereocenters. The molecule has 33 heavy (non-hydrogen) atoms. The number of anilines is 2. The first-order valence-electron chi connectivity index (χ1n) is 10.6. The third-order valence-corrected chi connectivity index (χ3v) is 4.81. The van der Waals surface area contributed by atoms with E-state index >= 15 is 0 Å². The SMILES string of the molecule is CCCCCN(C(=O)COC(=O)c1ccc([N+](=O)[O-])o1)c1c(N)n(CCCC)c(=O)[nH]c1=O. The van der Waals surface area contributed by atoms with Gasteiger partial charge in [0, 0.05) is 13.1 Å². The molecule has 3 N–H and O–H groups in total. The van der Waals surface area contributed by atoms with Gasteiger partial charge < -0.3 is 19.8 Å². The summed E-state index contributed by atoms with van der Waals surface area (Å²) < 4.78 is 10.9. The van der Waals surface area contributed by atoms with Gasteiger partial charge in [-0.05, 0) is 18.9 Å². The topological polar surface area (TPSA) is 184 Å². The van der Waals surface area contributed by atoms with Crippen molar-refractivity contribution in [3.8, 4) is 0 Å². The van der Waals surface area contributed by atoms with Crippen LogP contribution in [-0.4, -0.2) is 39.5 Å². The molecule has 0 atom stereocenters. The van der Waals surface area contributed by atoms with E-state index in [1.165, 1.54) is 4.57 Å². The number of H-pyrrole nitrogens is 1. The largest absolute Gasteiger partial charge is 0.450 e. The molecule has 0 spiro atoms. The van der Waals surface area contributed by atoms with Crippen molar-refractivity contribution in [1.29, 1.82) is 0 Å². The molecule has 2 aromatic heterocycles. The van der Waals surface area contributed by atoms with Crippen LogP contribution in [0.1, 0.15) is 56.5 Å². The number of furan rings is 1. The number of ether oxygens (including phenoxy) is 1. The number of nitro groups is 1. The minimum Gasteiger partial charge on any atom is -0.450 e. The fourth-order valence-electron chi connectivity index (χ4n) is 3.07. The minimum atomic E-state index is -1.08. The molecule has 13 heteroatoms. The summed E-state index contributed by atoms with van der Waals surface area (Å²) in [7, 11) is 0. The summed E-state index contributed by atoms with van der Waals surface area (Å²) in [6, 6.07) is 2.03. The van der Waals surface area contributed by atoms with E-state index in [1.807, 2.05) is 13.8 Å². The van der Waals surface area contributed by atoms with Crippen LogP contribution in [0.25, 0.3) is 0 Å². The maximum atomic E-state index is 12.9. The Hall–Kier alpha value is -3.90. The molecule has 0 aromatic carbocycles. The van der Waals surface area contributed by atoms with Gasteiger partial charge in [0.05, 0.1) is 6.07 Å². The monoisotopic (exact) mass is 465 g/mol. The molecule has 1 amide bonds. The zero-order valence-corrected chi connectivity index (χ0v) is 18.5. The molecule has 13 nitrogen and oxygen atoms in total. The molecular weight excluding hydrogens is 438 g/mol. The maximum Gasteiger partial charge on any atom is 0.433 e. The zero-order valence-electron chi connectivity index (χ0n) is 18.5. The lowest BCUT2D eigenvalue weighted by molar-refractivity contribution is -0.402. The van der Waals surface area contributed by atoms with Crippen LogP contribution in [0.4, 0.5) is 17.4 Å². The van der Waals surface area contributed by atoms with Gasteiger partial charge in [0.1, 0.15) is 10.7 Å². The first-order valence-corrected chi connectivity index (χ1v) is 10.6. The smallest absolute Gasteiger partial charge is 0.433 e. The van der Waals surface area contributed by atoms with Crippen molar-refractivity contribution < 1.29 is 23.7 Å². The van der Waals surface area contributed by atoms with E-state index in [9.17, 15) is 29.3 Å². The third kappa shape index (κ3) is 6.30. The second kappa shape index (κ2) is 11.6. The Morgan fingerprint density at radius 1 is 1.21 bits per heavy atom. The Morgan fingerprint density at radius 3 is 2.52 bits per heavy atom. The first kappa shape index (κ1) is 25.4. The molecule has 0 aliphatic carbocycles. The van der Waals surface area contributed by atoms with E-state index in [0.29, 0.717) is 12.8 Å². The number of carbonyl (C=O) groups is 2. The molecule has 180 valence electrons. The van der Waals surface area contributed by atoms with Gasteiger partial charge in [0.2, 0.25) is 5.76 Å². The van der Waals surface area contributed by atoms with E-state index in [1.54, 1.807) is 0 Å². The number of rotatable bonds is 12. The zero-order chi connectivity index (χ0) is 24.5. The molecule has 0 fully saturated rings. The second-order valence-electron chi connectivity index (χ2n) is 7.22. The number of unbranched alkanes of at least 4 members (excludes halogenated alkanes) is 3. The highest BCUT2D eigenvalue weighted by molar-refractivity contribution is 5.98. The van der Waals surface area contributed by atoms with Crippen molar-refractivity contribution in [3.63, 3.8) is 0 Å². The molecule has 0 aliphatic rings. The molecule has 2 rings (SSSR count). The van der Waals surface area contributed by atoms with Crippen LogP contribution in [0.2, 0.25) is 0 Å². The molecule has 0 saturated heterocycles. The molecular formula is C20H27N5O8. The maximum absolute atomic E-state index is 12.9. The summed E-state index contributed by atoms with van der Waals surface area (Å²) in [5.74, 6) is -3.09. The molecule has 0 aliphatic heterocycles. The van der Waals surface area contributed by atoms with Gasteiger partial charge >= 0.3 is 17.5 Å². The third-order valence-electron chi connectivity index (χ3n) is 4.81. The fourth-order valence-corrected chi connectivity index (χ4v) is 3.07. The van der Waals surface area contributed by atoms with Crippen molar-refractivity contribution in [1.82, 2.24) is 9.55 Å². The van der Waals surface area contributed by atoms with Crippen LogP contribution in [0, 0.1) is 10.1 Å². The summed E-state index contributed by atoms with van der Waals surface area (Å²) >= 11 is 0. The number of nitrogens with one attached hydrogen (secondary N) is 1. The average molecular weight is 465 g/mol. The van der Waals surface area contributed by atoms with Gasteiger partial charge in [-0.2, -0.15) is 0 Å². The lowest BCUT2D eigenvalue weighted by atomic mass is 10.2. The number of amides is 1. The summed E-state index contributed by atoms with van der Waals surface area (Å²) in [6.45, 7) is 3.48. The van der Waals surface area contributed by atoms with E-state index in [-0.39, 0.29) is 24.6 Å². The van der Waals surface area contributed by atoms with E-state index in [0.717, 1.165) is 36.3 Å². The van der Waals surface area contributed by atoms with Gasteiger partial charge in [-0.15, -0.1) is 0 Å². The van der Waals surface area contributed by atoms with E-state index < -0.39 is 46.3 Å². The number of hydrogen-bond donors (Lipinski definition) is 2. The normalized spacial score (nSPS) is 10.7. The number of esters is 1. The molecule has 2 heterocycles. The quantitative estimate of drug-likeness (QED) is 0.204. The van der Waals surface area contributed by atoms with Crippen molar-refractivity contribution in [2.45, 2.75) is 52.5 Å². The Balaban J connectivity index is 2.29.